The van der Waals surface area contributed by atoms with Gasteiger partial charge in [0.25, 0.3) is 0 Å². The van der Waals surface area contributed by atoms with Crippen molar-refractivity contribution in [1.82, 2.24) is 4.57 Å². The molecule has 5 rings (SSSR count). The molecule has 1 fully saturated rings. The number of aromatic nitrogens is 1. The Balaban J connectivity index is 1.46. The van der Waals surface area contributed by atoms with E-state index in [1.807, 2.05) is 0 Å². The van der Waals surface area contributed by atoms with Crippen molar-refractivity contribution in [2.45, 2.75) is 42.3 Å². The van der Waals surface area contributed by atoms with Crippen molar-refractivity contribution in [2.75, 3.05) is 10.2 Å². The van der Waals surface area contributed by atoms with Crippen molar-refractivity contribution in [1.29, 1.82) is 0 Å². The lowest BCUT2D eigenvalue weighted by Gasteiger charge is -2.36. The van der Waals surface area contributed by atoms with Crippen LogP contribution in [-0.4, -0.2) is 27.5 Å². The van der Waals surface area contributed by atoms with Crippen LogP contribution in [0.25, 0.3) is 0 Å². The number of halogens is 4. The van der Waals surface area contributed by atoms with E-state index in [1.165, 1.54) is 34.9 Å². The Morgan fingerprint density at radius 2 is 1.74 bits per heavy atom. The summed E-state index contributed by atoms with van der Waals surface area (Å²) in [6, 6.07) is 9.10. The number of nitrogens with one attached hydrogen (secondary N) is 1. The molecule has 0 unspecified atom stereocenters. The van der Waals surface area contributed by atoms with Crippen LogP contribution in [0.2, 0.25) is 0 Å². The first kappa shape index (κ1) is 26.2. The number of hydrogen-bond acceptors (Lipinski definition) is 6. The van der Waals surface area contributed by atoms with Gasteiger partial charge in [0.1, 0.15) is 17.6 Å². The van der Waals surface area contributed by atoms with E-state index in [4.69, 9.17) is 0 Å². The largest absolute Gasteiger partial charge is 0.416 e. The second kappa shape index (κ2) is 9.09. The first-order valence-corrected chi connectivity index (χ1v) is 13.0. The summed E-state index contributed by atoms with van der Waals surface area (Å²) in [6.45, 7) is 3.01. The van der Waals surface area contributed by atoms with Crippen LogP contribution < -0.4 is 15.1 Å². The summed E-state index contributed by atoms with van der Waals surface area (Å²) in [5.41, 5.74) is -1.86. The van der Waals surface area contributed by atoms with Gasteiger partial charge in [-0.1, -0.05) is 43.0 Å². The van der Waals surface area contributed by atoms with Crippen LogP contribution in [0.15, 0.2) is 58.4 Å². The lowest BCUT2D eigenvalue weighted by atomic mass is 9.76. The van der Waals surface area contributed by atoms with Crippen molar-refractivity contribution < 1.29 is 31.9 Å². The van der Waals surface area contributed by atoms with E-state index in [2.05, 4.69) is 5.32 Å². The van der Waals surface area contributed by atoms with Gasteiger partial charge in [-0.25, -0.2) is 9.29 Å². The predicted molar refractivity (Wildman–Crippen MR) is 134 cm³/mol. The Hall–Kier alpha value is -3.45. The molecule has 2 aliphatic rings. The fourth-order valence-electron chi connectivity index (χ4n) is 4.72. The Kier molecular flexibility index (Phi) is 6.26. The number of benzene rings is 2. The van der Waals surface area contributed by atoms with Crippen molar-refractivity contribution in [2.24, 2.45) is 5.92 Å². The average molecular weight is 566 g/mol. The molecule has 0 radical (unpaired) electrons. The average Bonchev–Trinajstić information content (AvgIpc) is 3.29. The first-order valence-electron chi connectivity index (χ1n) is 11.3. The van der Waals surface area contributed by atoms with Crippen LogP contribution in [0.3, 0.4) is 0 Å². The number of rotatable bonds is 4. The molecule has 0 spiro atoms. The minimum atomic E-state index is -4.66. The van der Waals surface area contributed by atoms with Crippen molar-refractivity contribution in [3.05, 3.63) is 74.5 Å². The third-order valence-corrected chi connectivity index (χ3v) is 9.39. The number of nitrogens with zero attached hydrogens (tertiary/aromatic N) is 2. The third-order valence-electron chi connectivity index (χ3n) is 6.56. The smallest absolute Gasteiger partial charge is 0.325 e. The molecule has 3 aromatic rings. The number of fused-ring (bicyclic) bond motifs is 2. The number of thiazole rings is 1. The van der Waals surface area contributed by atoms with Crippen LogP contribution in [0, 0.1) is 11.7 Å². The Morgan fingerprint density at radius 1 is 1.05 bits per heavy atom. The Morgan fingerprint density at radius 3 is 2.39 bits per heavy atom. The predicted octanol–water partition coefficient (Wildman–Crippen LogP) is 4.65. The number of alkyl halides is 3. The lowest BCUT2D eigenvalue weighted by molar-refractivity contribution is -0.137. The monoisotopic (exact) mass is 565 g/mol. The molecule has 0 aliphatic carbocycles. The molecule has 13 heteroatoms. The SMILES string of the molecule is CC1(C)c2sc(=O)n(CC(=O)Nc3ccc(F)cc3)c2S[C@@H]2C(=O)N(c3cccc(C(F)(F)F)c3)C(=O)[C@@H]21. The zero-order valence-corrected chi connectivity index (χ0v) is 21.5. The normalized spacial score (nSPS) is 20.3. The summed E-state index contributed by atoms with van der Waals surface area (Å²) < 4.78 is 54.2. The van der Waals surface area contributed by atoms with Gasteiger partial charge in [0.2, 0.25) is 17.7 Å². The molecule has 2 atom stereocenters. The van der Waals surface area contributed by atoms with E-state index in [0.29, 0.717) is 15.6 Å². The molecule has 198 valence electrons. The highest BCUT2D eigenvalue weighted by atomic mass is 32.2. The van der Waals surface area contributed by atoms with E-state index >= 15 is 0 Å². The number of imide groups is 1. The number of carbonyl (C=O) groups is 3. The summed E-state index contributed by atoms with van der Waals surface area (Å²) in [7, 11) is 0. The van der Waals surface area contributed by atoms with Gasteiger partial charge in [-0.3, -0.25) is 23.7 Å². The van der Waals surface area contributed by atoms with Gasteiger partial charge >= 0.3 is 11.0 Å². The quantitative estimate of drug-likeness (QED) is 0.368. The molecule has 2 aromatic carbocycles. The minimum Gasteiger partial charge on any atom is -0.325 e. The second-order valence-corrected chi connectivity index (χ2v) is 11.5. The van der Waals surface area contributed by atoms with Gasteiger partial charge in [-0.2, -0.15) is 13.2 Å². The molecular formula is C25H19F4N3O4S2. The second-order valence-electron chi connectivity index (χ2n) is 9.44. The molecule has 1 N–H and O–H groups in total. The number of carbonyl (C=O) groups excluding carboxylic acids is 3. The molecule has 1 saturated heterocycles. The Labute approximate surface area is 221 Å². The standard InChI is InChI=1S/C25H19F4N3O4S2/c1-24(2)17-18(21(35)32(20(17)34)15-5-3-4-12(10-15)25(27,28)29)37-22-19(24)38-23(36)31(22)11-16(33)30-14-8-6-13(26)7-9-14/h3-10,17-18H,11H2,1-2H3,(H,30,33)/t17-,18+/m1/s1. The molecule has 0 saturated carbocycles. The summed E-state index contributed by atoms with van der Waals surface area (Å²) in [6.07, 6.45) is -4.66. The van der Waals surface area contributed by atoms with E-state index < -0.39 is 56.7 Å². The van der Waals surface area contributed by atoms with E-state index in [1.54, 1.807) is 13.8 Å². The number of anilines is 2. The van der Waals surface area contributed by atoms with Crippen LogP contribution in [0.4, 0.5) is 28.9 Å². The van der Waals surface area contributed by atoms with Crippen LogP contribution in [-0.2, 0) is 32.5 Å². The molecule has 3 amide bonds. The maximum Gasteiger partial charge on any atom is 0.416 e. The molecule has 2 aliphatic heterocycles. The van der Waals surface area contributed by atoms with Crippen LogP contribution in [0.5, 0.6) is 0 Å². The molecule has 1 aromatic heterocycles. The van der Waals surface area contributed by atoms with Crippen molar-refractivity contribution >= 4 is 52.2 Å². The van der Waals surface area contributed by atoms with Gasteiger partial charge in [0, 0.05) is 16.0 Å². The van der Waals surface area contributed by atoms with Crippen molar-refractivity contribution in [3.63, 3.8) is 0 Å². The summed E-state index contributed by atoms with van der Waals surface area (Å²) in [4.78, 5) is 53.3. The number of amides is 3. The van der Waals surface area contributed by atoms with Gasteiger partial charge < -0.3 is 5.32 Å². The minimum absolute atomic E-state index is 0.181. The molecule has 3 heterocycles. The van der Waals surface area contributed by atoms with Gasteiger partial charge in [-0.05, 0) is 42.5 Å². The first-order chi connectivity index (χ1) is 17.8. The van der Waals surface area contributed by atoms with Crippen molar-refractivity contribution in [3.8, 4) is 0 Å². The molecular weight excluding hydrogens is 546 g/mol. The number of thioether (sulfide) groups is 1. The lowest BCUT2D eigenvalue weighted by Crippen LogP contribution is -2.42. The van der Waals surface area contributed by atoms with Gasteiger partial charge in [0.15, 0.2) is 0 Å². The van der Waals surface area contributed by atoms with Gasteiger partial charge in [0.05, 0.1) is 22.2 Å². The molecule has 38 heavy (non-hydrogen) atoms. The fraction of sp³-hybridized carbons (Fsp3) is 0.280. The van der Waals surface area contributed by atoms with Crippen LogP contribution in [0.1, 0.15) is 24.3 Å². The fourth-order valence-corrected chi connectivity index (χ4v) is 7.76. The van der Waals surface area contributed by atoms with E-state index in [0.717, 1.165) is 46.2 Å². The van der Waals surface area contributed by atoms with Gasteiger partial charge in [-0.15, -0.1) is 0 Å². The zero-order valence-electron chi connectivity index (χ0n) is 19.8. The maximum absolute atomic E-state index is 13.5. The zero-order chi connectivity index (χ0) is 27.6. The summed E-state index contributed by atoms with van der Waals surface area (Å²) >= 11 is 1.81. The molecule has 7 nitrogen and oxygen atoms in total. The topological polar surface area (TPSA) is 88.5 Å². The van der Waals surface area contributed by atoms with E-state index in [-0.39, 0.29) is 12.2 Å². The summed E-state index contributed by atoms with van der Waals surface area (Å²) in [5.74, 6) is -3.30. The highest BCUT2D eigenvalue weighted by molar-refractivity contribution is 8.00. The maximum atomic E-state index is 13.5. The highest BCUT2D eigenvalue weighted by Crippen LogP contribution is 2.54. The molecule has 0 bridgehead atoms. The number of hydrogen-bond donors (Lipinski definition) is 1. The van der Waals surface area contributed by atoms with E-state index in [9.17, 15) is 36.7 Å². The van der Waals surface area contributed by atoms with Crippen LogP contribution >= 0.6 is 23.1 Å². The summed E-state index contributed by atoms with van der Waals surface area (Å²) in [5, 5.41) is 1.93. The third kappa shape index (κ3) is 4.33. The Bertz CT molecular complexity index is 1530. The highest BCUT2D eigenvalue weighted by Gasteiger charge is 2.59.